The van der Waals surface area contributed by atoms with Crippen molar-refractivity contribution >= 4 is 27.5 Å². The van der Waals surface area contributed by atoms with Crippen molar-refractivity contribution in [2.75, 3.05) is 0 Å². The lowest BCUT2D eigenvalue weighted by Gasteiger charge is -2.03. The normalized spacial score (nSPS) is 12.2. The molecule has 0 aliphatic rings. The van der Waals surface area contributed by atoms with Gasteiger partial charge >= 0.3 is 0 Å². The van der Waals surface area contributed by atoms with Crippen molar-refractivity contribution < 1.29 is 0 Å². The molecular formula is C9H7BrClN. The maximum atomic E-state index is 8.64. The molecule has 0 aliphatic carbocycles. The van der Waals surface area contributed by atoms with Crippen LogP contribution in [0.4, 0.5) is 0 Å². The van der Waals surface area contributed by atoms with E-state index in [1.807, 2.05) is 19.1 Å². The minimum atomic E-state index is -0.101. The molecule has 1 nitrogen and oxygen atoms in total. The van der Waals surface area contributed by atoms with Crippen molar-refractivity contribution in [3.05, 3.63) is 33.3 Å². The van der Waals surface area contributed by atoms with E-state index < -0.39 is 0 Å². The summed E-state index contributed by atoms with van der Waals surface area (Å²) in [5.74, 6) is -0.101. The predicted octanol–water partition coefficient (Wildman–Crippen LogP) is 3.73. The minimum absolute atomic E-state index is 0.101. The third kappa shape index (κ3) is 2.00. The molecule has 1 aromatic rings. The average molecular weight is 245 g/mol. The zero-order chi connectivity index (χ0) is 9.14. The van der Waals surface area contributed by atoms with Crippen LogP contribution in [0.3, 0.4) is 0 Å². The first-order chi connectivity index (χ1) is 5.65. The smallest absolute Gasteiger partial charge is 0.0700 e. The molecule has 0 spiro atoms. The van der Waals surface area contributed by atoms with E-state index in [-0.39, 0.29) is 5.92 Å². The van der Waals surface area contributed by atoms with E-state index in [9.17, 15) is 0 Å². The summed E-state index contributed by atoms with van der Waals surface area (Å²) in [5, 5.41) is 9.29. The SMILES string of the molecule is CC(C#N)c1ccc(Br)c(Cl)c1. The summed E-state index contributed by atoms with van der Waals surface area (Å²) in [7, 11) is 0. The highest BCUT2D eigenvalue weighted by molar-refractivity contribution is 9.10. The van der Waals surface area contributed by atoms with Gasteiger partial charge in [-0.15, -0.1) is 0 Å². The number of nitriles is 1. The van der Waals surface area contributed by atoms with Crippen LogP contribution in [0, 0.1) is 11.3 Å². The van der Waals surface area contributed by atoms with Crippen LogP contribution in [0.25, 0.3) is 0 Å². The van der Waals surface area contributed by atoms with E-state index in [0.717, 1.165) is 10.0 Å². The molecule has 1 atom stereocenters. The quantitative estimate of drug-likeness (QED) is 0.738. The van der Waals surface area contributed by atoms with Crippen LogP contribution >= 0.6 is 27.5 Å². The van der Waals surface area contributed by atoms with E-state index in [1.165, 1.54) is 0 Å². The minimum Gasteiger partial charge on any atom is -0.198 e. The predicted molar refractivity (Wildman–Crippen MR) is 53.2 cm³/mol. The monoisotopic (exact) mass is 243 g/mol. The molecule has 3 heteroatoms. The van der Waals surface area contributed by atoms with E-state index >= 15 is 0 Å². The van der Waals surface area contributed by atoms with Crippen LogP contribution in [-0.4, -0.2) is 0 Å². The Kier molecular flexibility index (Phi) is 3.13. The third-order valence-electron chi connectivity index (χ3n) is 1.64. The highest BCUT2D eigenvalue weighted by atomic mass is 79.9. The van der Waals surface area contributed by atoms with Crippen molar-refractivity contribution in [3.8, 4) is 6.07 Å². The molecule has 0 heterocycles. The fraction of sp³-hybridized carbons (Fsp3) is 0.222. The number of hydrogen-bond acceptors (Lipinski definition) is 1. The lowest BCUT2D eigenvalue weighted by Crippen LogP contribution is -1.88. The summed E-state index contributed by atoms with van der Waals surface area (Å²) in [6.07, 6.45) is 0. The van der Waals surface area contributed by atoms with Crippen molar-refractivity contribution in [2.24, 2.45) is 0 Å². The third-order valence-corrected chi connectivity index (χ3v) is 2.87. The van der Waals surface area contributed by atoms with Crippen LogP contribution in [0.5, 0.6) is 0 Å². The Morgan fingerprint density at radius 3 is 2.75 bits per heavy atom. The molecule has 0 aromatic heterocycles. The van der Waals surface area contributed by atoms with E-state index in [1.54, 1.807) is 6.07 Å². The second-order valence-electron chi connectivity index (χ2n) is 2.52. The molecule has 0 bridgehead atoms. The summed E-state index contributed by atoms with van der Waals surface area (Å²) in [6, 6.07) is 7.70. The molecule has 0 fully saturated rings. The van der Waals surface area contributed by atoms with Gasteiger partial charge in [-0.05, 0) is 40.5 Å². The summed E-state index contributed by atoms with van der Waals surface area (Å²) in [5.41, 5.74) is 0.950. The van der Waals surface area contributed by atoms with Gasteiger partial charge in [0.1, 0.15) is 0 Å². The van der Waals surface area contributed by atoms with Crippen LogP contribution in [-0.2, 0) is 0 Å². The second kappa shape index (κ2) is 3.93. The maximum absolute atomic E-state index is 8.64. The van der Waals surface area contributed by atoms with Crippen LogP contribution in [0.1, 0.15) is 18.4 Å². The first-order valence-corrected chi connectivity index (χ1v) is 4.67. The van der Waals surface area contributed by atoms with Crippen LogP contribution in [0.2, 0.25) is 5.02 Å². The zero-order valence-electron chi connectivity index (χ0n) is 6.51. The molecule has 0 N–H and O–H groups in total. The van der Waals surface area contributed by atoms with Crippen LogP contribution < -0.4 is 0 Å². The lowest BCUT2D eigenvalue weighted by molar-refractivity contribution is 0.981. The summed E-state index contributed by atoms with van der Waals surface area (Å²) in [6.45, 7) is 1.85. The van der Waals surface area contributed by atoms with Gasteiger partial charge in [0, 0.05) is 4.47 Å². The topological polar surface area (TPSA) is 23.8 Å². The lowest BCUT2D eigenvalue weighted by atomic mass is 10.0. The molecule has 12 heavy (non-hydrogen) atoms. The maximum Gasteiger partial charge on any atom is 0.0700 e. The number of rotatable bonds is 1. The number of hydrogen-bond donors (Lipinski definition) is 0. The summed E-state index contributed by atoms with van der Waals surface area (Å²) < 4.78 is 0.859. The molecule has 0 radical (unpaired) electrons. The first-order valence-electron chi connectivity index (χ1n) is 3.49. The van der Waals surface area contributed by atoms with E-state index in [0.29, 0.717) is 5.02 Å². The van der Waals surface area contributed by atoms with Gasteiger partial charge in [-0.2, -0.15) is 5.26 Å². The van der Waals surface area contributed by atoms with Gasteiger partial charge in [-0.25, -0.2) is 0 Å². The molecule has 0 saturated heterocycles. The van der Waals surface area contributed by atoms with Gasteiger partial charge in [0.25, 0.3) is 0 Å². The Balaban J connectivity index is 3.06. The highest BCUT2D eigenvalue weighted by Gasteiger charge is 2.05. The largest absolute Gasteiger partial charge is 0.198 e. The second-order valence-corrected chi connectivity index (χ2v) is 3.79. The Labute approximate surface area is 85.1 Å². The Bertz CT molecular complexity index is 330. The fourth-order valence-electron chi connectivity index (χ4n) is 0.856. The Hall–Kier alpha value is -0.520. The van der Waals surface area contributed by atoms with Crippen molar-refractivity contribution in [1.29, 1.82) is 5.26 Å². The summed E-state index contributed by atoms with van der Waals surface area (Å²) in [4.78, 5) is 0. The molecule has 0 aliphatic heterocycles. The molecule has 0 saturated carbocycles. The number of benzene rings is 1. The Morgan fingerprint density at radius 1 is 1.58 bits per heavy atom. The first kappa shape index (κ1) is 9.57. The fourth-order valence-corrected chi connectivity index (χ4v) is 1.29. The molecule has 1 aromatic carbocycles. The van der Waals surface area contributed by atoms with Gasteiger partial charge in [-0.1, -0.05) is 17.7 Å². The molecule has 62 valence electrons. The van der Waals surface area contributed by atoms with Crippen molar-refractivity contribution in [3.63, 3.8) is 0 Å². The summed E-state index contributed by atoms with van der Waals surface area (Å²) >= 11 is 9.14. The Morgan fingerprint density at radius 2 is 2.25 bits per heavy atom. The van der Waals surface area contributed by atoms with Crippen molar-refractivity contribution in [1.82, 2.24) is 0 Å². The van der Waals surface area contributed by atoms with Gasteiger partial charge in [-0.3, -0.25) is 0 Å². The molecule has 1 unspecified atom stereocenters. The number of nitrogens with zero attached hydrogens (tertiary/aromatic N) is 1. The van der Waals surface area contributed by atoms with Gasteiger partial charge in [0.05, 0.1) is 17.0 Å². The average Bonchev–Trinajstić information content (AvgIpc) is 2.08. The molecule has 1 rings (SSSR count). The van der Waals surface area contributed by atoms with E-state index in [4.69, 9.17) is 16.9 Å². The van der Waals surface area contributed by atoms with E-state index in [2.05, 4.69) is 22.0 Å². The molecular weight excluding hydrogens is 237 g/mol. The zero-order valence-corrected chi connectivity index (χ0v) is 8.85. The standard InChI is InChI=1S/C9H7BrClN/c1-6(5-12)7-2-3-8(10)9(11)4-7/h2-4,6H,1H3. The van der Waals surface area contributed by atoms with Gasteiger partial charge < -0.3 is 0 Å². The van der Waals surface area contributed by atoms with Gasteiger partial charge in [0.15, 0.2) is 0 Å². The highest BCUT2D eigenvalue weighted by Crippen LogP contribution is 2.26. The molecule has 0 amide bonds. The van der Waals surface area contributed by atoms with Crippen molar-refractivity contribution in [2.45, 2.75) is 12.8 Å². The van der Waals surface area contributed by atoms with Gasteiger partial charge in [0.2, 0.25) is 0 Å². The van der Waals surface area contributed by atoms with Crippen LogP contribution in [0.15, 0.2) is 22.7 Å². The number of halogens is 2.